The van der Waals surface area contributed by atoms with Crippen molar-refractivity contribution in [1.82, 2.24) is 4.98 Å². The molecule has 2 nitrogen and oxygen atoms in total. The van der Waals surface area contributed by atoms with E-state index in [0.717, 1.165) is 27.8 Å². The van der Waals surface area contributed by atoms with Gasteiger partial charge in [0.1, 0.15) is 0 Å². The number of thiol groups is 1. The van der Waals surface area contributed by atoms with Gasteiger partial charge in [0.2, 0.25) is 0 Å². The summed E-state index contributed by atoms with van der Waals surface area (Å²) >= 11 is 4.47. The highest BCUT2D eigenvalue weighted by Gasteiger charge is 2.12. The molecule has 1 aromatic heterocycles. The molecule has 1 atom stereocenters. The van der Waals surface area contributed by atoms with Gasteiger partial charge in [0.15, 0.2) is 5.78 Å². The van der Waals surface area contributed by atoms with E-state index in [1.165, 1.54) is 5.56 Å². The van der Waals surface area contributed by atoms with Gasteiger partial charge < -0.3 is 0 Å². The van der Waals surface area contributed by atoms with Crippen molar-refractivity contribution in [1.29, 1.82) is 0 Å². The van der Waals surface area contributed by atoms with Gasteiger partial charge in [-0.05, 0) is 36.1 Å². The highest BCUT2D eigenvalue weighted by molar-refractivity contribution is 7.80. The van der Waals surface area contributed by atoms with Gasteiger partial charge in [0.25, 0.3) is 0 Å². The Hall–Kier alpha value is -2.13. The first-order valence-electron chi connectivity index (χ1n) is 7.81. The number of aromatic nitrogens is 1. The summed E-state index contributed by atoms with van der Waals surface area (Å²) in [5.74, 6) is 0.534. The Labute approximate surface area is 142 Å². The predicted molar refractivity (Wildman–Crippen MR) is 97.4 cm³/mol. The number of ketones is 1. The SMILES string of the molecule is CC(CCC(=O)c1cc(S)c2ncccc2c1)c1ccccc1. The van der Waals surface area contributed by atoms with Gasteiger partial charge in [-0.1, -0.05) is 43.3 Å². The van der Waals surface area contributed by atoms with Crippen molar-refractivity contribution in [3.8, 4) is 0 Å². The van der Waals surface area contributed by atoms with E-state index in [2.05, 4.69) is 36.7 Å². The third-order valence-corrected chi connectivity index (χ3v) is 4.52. The van der Waals surface area contributed by atoms with E-state index in [9.17, 15) is 4.79 Å². The lowest BCUT2D eigenvalue weighted by Crippen LogP contribution is -2.03. The fraction of sp³-hybridized carbons (Fsp3) is 0.200. The molecule has 1 unspecified atom stereocenters. The predicted octanol–water partition coefficient (Wildman–Crippen LogP) is 5.29. The molecule has 1 heterocycles. The van der Waals surface area contributed by atoms with E-state index >= 15 is 0 Å². The second-order valence-corrected chi connectivity index (χ2v) is 6.33. The van der Waals surface area contributed by atoms with Crippen LogP contribution in [0, 0.1) is 0 Å². The lowest BCUT2D eigenvalue weighted by molar-refractivity contribution is 0.0978. The fourth-order valence-corrected chi connectivity index (χ4v) is 3.10. The number of fused-ring (bicyclic) bond motifs is 1. The number of hydrogen-bond acceptors (Lipinski definition) is 3. The molecule has 0 saturated carbocycles. The van der Waals surface area contributed by atoms with Crippen LogP contribution in [0.1, 0.15) is 41.6 Å². The lowest BCUT2D eigenvalue weighted by atomic mass is 9.93. The van der Waals surface area contributed by atoms with E-state index in [-0.39, 0.29) is 5.78 Å². The Morgan fingerprint density at radius 1 is 1.13 bits per heavy atom. The van der Waals surface area contributed by atoms with Crippen molar-refractivity contribution in [2.45, 2.75) is 30.6 Å². The minimum atomic E-state index is 0.161. The molecular weight excluding hydrogens is 302 g/mol. The summed E-state index contributed by atoms with van der Waals surface area (Å²) in [6.07, 6.45) is 3.12. The molecule has 116 valence electrons. The van der Waals surface area contributed by atoms with Crippen LogP contribution in [0.4, 0.5) is 0 Å². The molecule has 0 bridgehead atoms. The van der Waals surface area contributed by atoms with E-state index in [0.29, 0.717) is 12.3 Å². The molecule has 3 aromatic rings. The number of Topliss-reactive ketones (excluding diaryl/α,β-unsaturated/α-hetero) is 1. The zero-order valence-corrected chi connectivity index (χ0v) is 14.0. The Bertz CT molecular complexity index is 829. The van der Waals surface area contributed by atoms with Crippen molar-refractivity contribution >= 4 is 29.3 Å². The fourth-order valence-electron chi connectivity index (χ4n) is 2.77. The molecule has 23 heavy (non-hydrogen) atoms. The number of rotatable bonds is 5. The molecule has 3 rings (SSSR count). The second-order valence-electron chi connectivity index (χ2n) is 5.84. The summed E-state index contributed by atoms with van der Waals surface area (Å²) in [4.78, 5) is 17.6. The Balaban J connectivity index is 1.73. The molecule has 0 saturated heterocycles. The van der Waals surface area contributed by atoms with Crippen LogP contribution in [0.5, 0.6) is 0 Å². The Kier molecular flexibility index (Phi) is 4.77. The zero-order valence-electron chi connectivity index (χ0n) is 13.1. The van der Waals surface area contributed by atoms with Gasteiger partial charge in [0.05, 0.1) is 5.52 Å². The van der Waals surface area contributed by atoms with Crippen molar-refractivity contribution in [3.05, 3.63) is 71.9 Å². The van der Waals surface area contributed by atoms with Crippen LogP contribution in [0.3, 0.4) is 0 Å². The monoisotopic (exact) mass is 321 g/mol. The number of hydrogen-bond donors (Lipinski definition) is 1. The van der Waals surface area contributed by atoms with Gasteiger partial charge in [-0.3, -0.25) is 9.78 Å². The molecule has 0 spiro atoms. The van der Waals surface area contributed by atoms with Crippen LogP contribution in [0.15, 0.2) is 65.7 Å². The van der Waals surface area contributed by atoms with Crippen LogP contribution >= 0.6 is 12.6 Å². The summed E-state index contributed by atoms with van der Waals surface area (Å²) in [5, 5.41) is 0.958. The van der Waals surface area contributed by atoms with E-state index in [4.69, 9.17) is 0 Å². The average Bonchev–Trinajstić information content (AvgIpc) is 2.60. The number of carbonyl (C=O) groups excluding carboxylic acids is 1. The number of nitrogens with zero attached hydrogens (tertiary/aromatic N) is 1. The van der Waals surface area contributed by atoms with E-state index in [1.54, 1.807) is 6.20 Å². The molecule has 2 aromatic carbocycles. The first kappa shape index (κ1) is 15.8. The maximum Gasteiger partial charge on any atom is 0.162 e. The molecule has 0 aliphatic heterocycles. The molecule has 0 fully saturated rings. The first-order valence-corrected chi connectivity index (χ1v) is 8.26. The Morgan fingerprint density at radius 2 is 1.91 bits per heavy atom. The third kappa shape index (κ3) is 3.62. The van der Waals surface area contributed by atoms with Crippen LogP contribution in [0.2, 0.25) is 0 Å². The van der Waals surface area contributed by atoms with Crippen molar-refractivity contribution in [2.75, 3.05) is 0 Å². The highest BCUT2D eigenvalue weighted by atomic mass is 32.1. The third-order valence-electron chi connectivity index (χ3n) is 4.18. The van der Waals surface area contributed by atoms with E-state index < -0.39 is 0 Å². The maximum atomic E-state index is 12.5. The standard InChI is InChI=1S/C20H19NOS/c1-14(15-6-3-2-4-7-15)9-10-18(22)17-12-16-8-5-11-21-20(16)19(23)13-17/h2-8,11-14,23H,9-10H2,1H3. The van der Waals surface area contributed by atoms with Crippen LogP contribution in [0.25, 0.3) is 10.9 Å². The minimum Gasteiger partial charge on any atom is -0.294 e. The minimum absolute atomic E-state index is 0.161. The van der Waals surface area contributed by atoms with Gasteiger partial charge in [-0.15, -0.1) is 12.6 Å². The van der Waals surface area contributed by atoms with Crippen molar-refractivity contribution < 1.29 is 4.79 Å². The number of carbonyl (C=O) groups is 1. The topological polar surface area (TPSA) is 30.0 Å². The average molecular weight is 321 g/mol. The molecule has 3 heteroatoms. The first-order chi connectivity index (χ1) is 11.1. The van der Waals surface area contributed by atoms with Crippen molar-refractivity contribution in [3.63, 3.8) is 0 Å². The zero-order chi connectivity index (χ0) is 16.2. The molecule has 0 aliphatic rings. The molecule has 0 aliphatic carbocycles. The second kappa shape index (κ2) is 6.97. The van der Waals surface area contributed by atoms with Gasteiger partial charge in [0, 0.05) is 28.5 Å². The summed E-state index contributed by atoms with van der Waals surface area (Å²) in [6.45, 7) is 2.16. The van der Waals surface area contributed by atoms with Crippen molar-refractivity contribution in [2.24, 2.45) is 0 Å². The van der Waals surface area contributed by atoms with Crippen LogP contribution < -0.4 is 0 Å². The van der Waals surface area contributed by atoms with Gasteiger partial charge in [-0.25, -0.2) is 0 Å². The smallest absolute Gasteiger partial charge is 0.162 e. The van der Waals surface area contributed by atoms with Crippen LogP contribution in [-0.2, 0) is 0 Å². The normalized spacial score (nSPS) is 12.3. The summed E-state index contributed by atoms with van der Waals surface area (Å²) in [6, 6.07) is 17.9. The molecule has 0 N–H and O–H groups in total. The Morgan fingerprint density at radius 3 is 2.70 bits per heavy atom. The summed E-state index contributed by atoms with van der Waals surface area (Å²) in [5.41, 5.74) is 2.83. The van der Waals surface area contributed by atoms with E-state index in [1.807, 2.05) is 42.5 Å². The summed E-state index contributed by atoms with van der Waals surface area (Å²) in [7, 11) is 0. The maximum absolute atomic E-state index is 12.5. The summed E-state index contributed by atoms with van der Waals surface area (Å²) < 4.78 is 0. The molecule has 0 amide bonds. The highest BCUT2D eigenvalue weighted by Crippen LogP contribution is 2.25. The molecule has 0 radical (unpaired) electrons. The van der Waals surface area contributed by atoms with Gasteiger partial charge >= 0.3 is 0 Å². The number of pyridine rings is 1. The molecular formula is C20H19NOS. The largest absolute Gasteiger partial charge is 0.294 e. The lowest BCUT2D eigenvalue weighted by Gasteiger charge is -2.11. The quantitative estimate of drug-likeness (QED) is 0.511. The van der Waals surface area contributed by atoms with Gasteiger partial charge in [-0.2, -0.15) is 0 Å². The van der Waals surface area contributed by atoms with Crippen LogP contribution in [-0.4, -0.2) is 10.8 Å². The number of benzene rings is 2.